The van der Waals surface area contributed by atoms with E-state index in [4.69, 9.17) is 32.7 Å². The molecule has 0 aromatic heterocycles. The van der Waals surface area contributed by atoms with Crippen LogP contribution in [0.1, 0.15) is 11.1 Å². The highest BCUT2D eigenvalue weighted by Crippen LogP contribution is 2.18. The Morgan fingerprint density at radius 1 is 0.630 bits per heavy atom. The zero-order valence-electron chi connectivity index (χ0n) is 14.4. The van der Waals surface area contributed by atoms with Gasteiger partial charge in [0, 0.05) is 23.2 Å². The van der Waals surface area contributed by atoms with Crippen LogP contribution in [0.25, 0.3) is 0 Å². The van der Waals surface area contributed by atoms with E-state index in [-0.39, 0.29) is 26.4 Å². The molecule has 0 aliphatic heterocycles. The summed E-state index contributed by atoms with van der Waals surface area (Å²) in [4.78, 5) is 20.9. The van der Waals surface area contributed by atoms with Gasteiger partial charge in [-0.3, -0.25) is 0 Å². The van der Waals surface area contributed by atoms with Crippen LogP contribution in [0.2, 0.25) is 0 Å². The Hall–Kier alpha value is -2.44. The summed E-state index contributed by atoms with van der Waals surface area (Å²) in [6.45, 7) is 0.687. The van der Waals surface area contributed by atoms with Gasteiger partial charge in [-0.25, -0.2) is 9.59 Å². The van der Waals surface area contributed by atoms with Crippen molar-refractivity contribution in [3.63, 3.8) is 0 Å². The predicted molar refractivity (Wildman–Crippen MR) is 101 cm³/mol. The molecule has 0 atom stereocenters. The lowest BCUT2D eigenvalue weighted by Crippen LogP contribution is -2.07. The summed E-state index contributed by atoms with van der Waals surface area (Å²) in [5.74, 6) is 1.37. The second kappa shape index (κ2) is 11.3. The standard InChI is InChI=1S/C19H18Cl2O6/c20-18(22)26-11-9-24-16-5-1-14(2-6-16)13-15-3-7-17(8-4-15)25-10-12-27-19(21)23/h1-8H,9-13H2. The molecule has 8 heteroatoms. The number of hydrogen-bond donors (Lipinski definition) is 0. The molecule has 27 heavy (non-hydrogen) atoms. The molecule has 0 N–H and O–H groups in total. The Kier molecular flexibility index (Phi) is 8.74. The zero-order chi connectivity index (χ0) is 19.5. The summed E-state index contributed by atoms with van der Waals surface area (Å²) in [7, 11) is 0. The van der Waals surface area contributed by atoms with Crippen molar-refractivity contribution in [1.29, 1.82) is 0 Å². The zero-order valence-corrected chi connectivity index (χ0v) is 15.9. The van der Waals surface area contributed by atoms with Crippen molar-refractivity contribution in [1.82, 2.24) is 0 Å². The molecule has 0 spiro atoms. The molecule has 0 heterocycles. The molecule has 0 amide bonds. The van der Waals surface area contributed by atoms with Crippen LogP contribution < -0.4 is 9.47 Å². The molecule has 2 aromatic carbocycles. The van der Waals surface area contributed by atoms with E-state index in [9.17, 15) is 9.59 Å². The molecule has 0 saturated heterocycles. The molecule has 0 unspecified atom stereocenters. The molecule has 2 aromatic rings. The fourth-order valence-electron chi connectivity index (χ4n) is 2.21. The van der Waals surface area contributed by atoms with Crippen LogP contribution in [-0.2, 0) is 15.9 Å². The van der Waals surface area contributed by atoms with E-state index in [1.54, 1.807) is 0 Å². The van der Waals surface area contributed by atoms with Crippen molar-refractivity contribution < 1.29 is 28.5 Å². The highest BCUT2D eigenvalue weighted by Gasteiger charge is 2.01. The number of benzene rings is 2. The van der Waals surface area contributed by atoms with E-state index in [2.05, 4.69) is 9.47 Å². The quantitative estimate of drug-likeness (QED) is 0.412. The van der Waals surface area contributed by atoms with Crippen molar-refractivity contribution in [2.75, 3.05) is 26.4 Å². The van der Waals surface area contributed by atoms with E-state index in [0.717, 1.165) is 17.5 Å². The van der Waals surface area contributed by atoms with Crippen LogP contribution in [0.5, 0.6) is 11.5 Å². The van der Waals surface area contributed by atoms with Gasteiger partial charge in [-0.1, -0.05) is 24.3 Å². The third kappa shape index (κ3) is 8.66. The second-order valence-corrected chi connectivity index (χ2v) is 5.95. The van der Waals surface area contributed by atoms with E-state index < -0.39 is 10.9 Å². The van der Waals surface area contributed by atoms with E-state index in [1.165, 1.54) is 0 Å². The number of halogens is 2. The van der Waals surface area contributed by atoms with Crippen molar-refractivity contribution in [2.45, 2.75) is 6.42 Å². The monoisotopic (exact) mass is 412 g/mol. The number of carbonyl (C=O) groups excluding carboxylic acids is 2. The fourth-order valence-corrected chi connectivity index (χ4v) is 2.36. The van der Waals surface area contributed by atoms with Crippen LogP contribution in [0.3, 0.4) is 0 Å². The Morgan fingerprint density at radius 3 is 1.33 bits per heavy atom. The number of hydrogen-bond acceptors (Lipinski definition) is 6. The number of carbonyl (C=O) groups is 2. The molecule has 0 bridgehead atoms. The Balaban J connectivity index is 1.76. The third-order valence-corrected chi connectivity index (χ3v) is 3.61. The summed E-state index contributed by atoms with van der Waals surface area (Å²) in [5, 5.41) is 0. The van der Waals surface area contributed by atoms with Gasteiger partial charge in [0.05, 0.1) is 0 Å². The summed E-state index contributed by atoms with van der Waals surface area (Å²) in [5.41, 5.74) is 0.558. The average molecular weight is 413 g/mol. The largest absolute Gasteiger partial charge is 0.490 e. The minimum Gasteiger partial charge on any atom is -0.490 e. The Labute approximate surface area is 166 Å². The van der Waals surface area contributed by atoms with Crippen LogP contribution in [0.4, 0.5) is 9.59 Å². The van der Waals surface area contributed by atoms with Gasteiger partial charge in [-0.05, 0) is 41.8 Å². The van der Waals surface area contributed by atoms with Gasteiger partial charge in [0.1, 0.15) is 37.9 Å². The van der Waals surface area contributed by atoms with Crippen LogP contribution in [0, 0.1) is 0 Å². The molecule has 2 rings (SSSR count). The first-order chi connectivity index (χ1) is 13.0. The summed E-state index contributed by atoms with van der Waals surface area (Å²) in [6.07, 6.45) is 0.758. The van der Waals surface area contributed by atoms with Crippen LogP contribution in [0.15, 0.2) is 48.5 Å². The summed E-state index contributed by atoms with van der Waals surface area (Å²) >= 11 is 10.1. The third-order valence-electron chi connectivity index (χ3n) is 3.39. The SMILES string of the molecule is O=C(Cl)OCCOc1ccc(Cc2ccc(OCCOC(=O)Cl)cc2)cc1. The number of ether oxygens (including phenoxy) is 4. The van der Waals surface area contributed by atoms with E-state index >= 15 is 0 Å². The molecule has 0 aliphatic rings. The van der Waals surface area contributed by atoms with Crippen molar-refractivity contribution in [2.24, 2.45) is 0 Å². The highest BCUT2D eigenvalue weighted by molar-refractivity contribution is 6.61. The maximum absolute atomic E-state index is 10.4. The van der Waals surface area contributed by atoms with Crippen molar-refractivity contribution >= 4 is 34.1 Å². The lowest BCUT2D eigenvalue weighted by Gasteiger charge is -2.08. The Bertz CT molecular complexity index is 667. The Morgan fingerprint density at radius 2 is 1.00 bits per heavy atom. The molecule has 144 valence electrons. The molecule has 0 aliphatic carbocycles. The first-order valence-corrected chi connectivity index (χ1v) is 8.86. The summed E-state index contributed by atoms with van der Waals surface area (Å²) < 4.78 is 20.1. The van der Waals surface area contributed by atoms with Gasteiger partial charge in [0.25, 0.3) is 0 Å². The maximum Gasteiger partial charge on any atom is 0.403 e. The molecular weight excluding hydrogens is 395 g/mol. The van der Waals surface area contributed by atoms with Crippen molar-refractivity contribution in [3.05, 3.63) is 59.7 Å². The maximum atomic E-state index is 10.4. The highest BCUT2D eigenvalue weighted by atomic mass is 35.5. The van der Waals surface area contributed by atoms with Gasteiger partial charge in [-0.2, -0.15) is 0 Å². The second-order valence-electron chi connectivity index (χ2n) is 5.33. The van der Waals surface area contributed by atoms with Gasteiger partial charge >= 0.3 is 10.9 Å². The minimum atomic E-state index is -0.843. The molecule has 0 saturated carbocycles. The molecule has 0 fully saturated rings. The molecule has 0 radical (unpaired) electrons. The van der Waals surface area contributed by atoms with Gasteiger partial charge in [0.2, 0.25) is 0 Å². The topological polar surface area (TPSA) is 71.1 Å². The average Bonchev–Trinajstić information content (AvgIpc) is 2.65. The first-order valence-electron chi connectivity index (χ1n) is 8.11. The smallest absolute Gasteiger partial charge is 0.403 e. The fraction of sp³-hybridized carbons (Fsp3) is 0.263. The lowest BCUT2D eigenvalue weighted by molar-refractivity contribution is 0.147. The lowest BCUT2D eigenvalue weighted by atomic mass is 10.0. The van der Waals surface area contributed by atoms with Gasteiger partial charge in [0.15, 0.2) is 0 Å². The van der Waals surface area contributed by atoms with Crippen LogP contribution >= 0.6 is 23.2 Å². The van der Waals surface area contributed by atoms with Crippen LogP contribution in [-0.4, -0.2) is 37.3 Å². The number of rotatable bonds is 10. The predicted octanol–water partition coefficient (Wildman–Crippen LogP) is 4.79. The van der Waals surface area contributed by atoms with E-state index in [0.29, 0.717) is 11.5 Å². The van der Waals surface area contributed by atoms with Crippen molar-refractivity contribution in [3.8, 4) is 11.5 Å². The van der Waals surface area contributed by atoms with Gasteiger partial charge < -0.3 is 18.9 Å². The van der Waals surface area contributed by atoms with E-state index in [1.807, 2.05) is 48.5 Å². The minimum absolute atomic E-state index is 0.104. The molecular formula is C19H18Cl2O6. The molecule has 6 nitrogen and oxygen atoms in total. The normalized spacial score (nSPS) is 10.1. The first kappa shape index (κ1) is 20.9. The summed E-state index contributed by atoms with van der Waals surface area (Å²) in [6, 6.07) is 15.3. The van der Waals surface area contributed by atoms with Gasteiger partial charge in [-0.15, -0.1) is 0 Å².